The van der Waals surface area contributed by atoms with E-state index in [0.29, 0.717) is 17.7 Å². The fourth-order valence-corrected chi connectivity index (χ4v) is 3.29. The fraction of sp³-hybridized carbons (Fsp3) is 0.250. The summed E-state index contributed by atoms with van der Waals surface area (Å²) in [5.41, 5.74) is 1.57. The van der Waals surface area contributed by atoms with Gasteiger partial charge in [0.05, 0.1) is 18.7 Å². The molecule has 1 atom stereocenters. The first-order valence-corrected chi connectivity index (χ1v) is 8.06. The molecule has 2 nitrogen and oxygen atoms in total. The Hall–Kier alpha value is -1.07. The number of methoxy groups -OCH3 is 2. The topological polar surface area (TPSA) is 18.5 Å². The van der Waals surface area contributed by atoms with Crippen LogP contribution < -0.4 is 9.47 Å². The normalized spacial score (nSPS) is 12.0. The highest BCUT2D eigenvalue weighted by Crippen LogP contribution is 2.40. The first-order valence-electron chi connectivity index (χ1n) is 6.35. The van der Waals surface area contributed by atoms with Crippen molar-refractivity contribution in [3.63, 3.8) is 0 Å². The lowest BCUT2D eigenvalue weighted by Gasteiger charge is -2.17. The molecule has 0 aliphatic carbocycles. The number of hydrogen-bond donors (Lipinski definition) is 0. The van der Waals surface area contributed by atoms with Gasteiger partial charge in [-0.3, -0.25) is 0 Å². The smallest absolute Gasteiger partial charge is 0.133 e. The van der Waals surface area contributed by atoms with Crippen LogP contribution in [0.4, 0.5) is 4.39 Å². The molecule has 0 spiro atoms. The molecule has 0 aliphatic rings. The van der Waals surface area contributed by atoms with Gasteiger partial charge in [0.15, 0.2) is 0 Å². The van der Waals surface area contributed by atoms with Gasteiger partial charge >= 0.3 is 0 Å². The average Bonchev–Trinajstić information content (AvgIpc) is 2.49. The van der Waals surface area contributed by atoms with Crippen LogP contribution in [0.5, 0.6) is 11.5 Å². The Balaban J connectivity index is 2.34. The third-order valence-electron chi connectivity index (χ3n) is 3.20. The number of ether oxygens (including phenoxy) is 2. The Morgan fingerprint density at radius 1 is 1.10 bits per heavy atom. The van der Waals surface area contributed by atoms with Crippen molar-refractivity contribution in [1.82, 2.24) is 0 Å². The van der Waals surface area contributed by atoms with E-state index >= 15 is 0 Å². The van der Waals surface area contributed by atoms with Gasteiger partial charge in [0, 0.05) is 10.4 Å². The summed E-state index contributed by atoms with van der Waals surface area (Å²) in [5.74, 6) is 1.23. The molecule has 2 aromatic rings. The fourth-order valence-electron chi connectivity index (χ4n) is 2.10. The summed E-state index contributed by atoms with van der Waals surface area (Å²) in [5, 5.41) is 0. The minimum Gasteiger partial charge on any atom is -0.496 e. The molecular weight excluding hydrogens is 403 g/mol. The van der Waals surface area contributed by atoms with E-state index in [0.717, 1.165) is 15.8 Å². The van der Waals surface area contributed by atoms with Gasteiger partial charge in [0.25, 0.3) is 0 Å². The molecule has 0 amide bonds. The van der Waals surface area contributed by atoms with Crippen molar-refractivity contribution < 1.29 is 13.9 Å². The molecule has 2 aromatic carbocycles. The summed E-state index contributed by atoms with van der Waals surface area (Å²) in [6.45, 7) is 0. The molecule has 21 heavy (non-hydrogen) atoms. The number of rotatable bonds is 5. The van der Waals surface area contributed by atoms with E-state index in [1.165, 1.54) is 6.07 Å². The largest absolute Gasteiger partial charge is 0.496 e. The molecule has 0 aromatic heterocycles. The van der Waals surface area contributed by atoms with Crippen molar-refractivity contribution in [1.29, 1.82) is 0 Å². The van der Waals surface area contributed by atoms with Crippen molar-refractivity contribution in [3.8, 4) is 11.5 Å². The SMILES string of the molecule is COc1cc(C(Br)Cc2ccccc2F)c(OC)cc1Br. The second-order valence-electron chi connectivity index (χ2n) is 4.49. The van der Waals surface area contributed by atoms with E-state index in [-0.39, 0.29) is 10.6 Å². The lowest BCUT2D eigenvalue weighted by Crippen LogP contribution is -2.01. The van der Waals surface area contributed by atoms with E-state index in [1.807, 2.05) is 18.2 Å². The highest BCUT2D eigenvalue weighted by molar-refractivity contribution is 9.10. The summed E-state index contributed by atoms with van der Waals surface area (Å²) < 4.78 is 25.3. The summed E-state index contributed by atoms with van der Waals surface area (Å²) in [6.07, 6.45) is 0.522. The van der Waals surface area contributed by atoms with E-state index in [9.17, 15) is 4.39 Å². The van der Waals surface area contributed by atoms with Crippen molar-refractivity contribution >= 4 is 31.9 Å². The van der Waals surface area contributed by atoms with Crippen LogP contribution in [-0.4, -0.2) is 14.2 Å². The van der Waals surface area contributed by atoms with Crippen molar-refractivity contribution in [3.05, 3.63) is 57.8 Å². The molecule has 112 valence electrons. The van der Waals surface area contributed by atoms with Crippen LogP contribution in [0.3, 0.4) is 0 Å². The zero-order chi connectivity index (χ0) is 15.4. The van der Waals surface area contributed by atoms with Gasteiger partial charge in [0.1, 0.15) is 17.3 Å². The molecule has 5 heteroatoms. The van der Waals surface area contributed by atoms with E-state index in [4.69, 9.17) is 9.47 Å². The Morgan fingerprint density at radius 3 is 2.38 bits per heavy atom. The Labute approximate surface area is 140 Å². The molecule has 0 aliphatic heterocycles. The van der Waals surface area contributed by atoms with Crippen molar-refractivity contribution in [2.24, 2.45) is 0 Å². The second kappa shape index (κ2) is 7.27. The highest BCUT2D eigenvalue weighted by atomic mass is 79.9. The van der Waals surface area contributed by atoms with Crippen LogP contribution in [-0.2, 0) is 6.42 Å². The van der Waals surface area contributed by atoms with Gasteiger partial charge in [-0.2, -0.15) is 0 Å². The summed E-state index contributed by atoms with van der Waals surface area (Å²) >= 11 is 7.05. The number of alkyl halides is 1. The number of benzene rings is 2. The van der Waals surface area contributed by atoms with Gasteiger partial charge in [0.2, 0.25) is 0 Å². The van der Waals surface area contributed by atoms with Gasteiger partial charge < -0.3 is 9.47 Å². The Kier molecular flexibility index (Phi) is 5.65. The van der Waals surface area contributed by atoms with Gasteiger partial charge in [-0.25, -0.2) is 4.39 Å². The predicted octanol–water partition coefficient (Wildman–Crippen LogP) is 5.28. The van der Waals surface area contributed by atoms with Crippen LogP contribution in [0.1, 0.15) is 16.0 Å². The summed E-state index contributed by atoms with van der Waals surface area (Å²) in [4.78, 5) is -0.0775. The molecule has 0 radical (unpaired) electrons. The monoisotopic (exact) mass is 416 g/mol. The molecule has 0 bridgehead atoms. The predicted molar refractivity (Wildman–Crippen MR) is 89.0 cm³/mol. The van der Waals surface area contributed by atoms with Gasteiger partial charge in [-0.15, -0.1) is 0 Å². The molecule has 0 fully saturated rings. The zero-order valence-corrected chi connectivity index (χ0v) is 14.9. The van der Waals surface area contributed by atoms with E-state index < -0.39 is 0 Å². The summed E-state index contributed by atoms with van der Waals surface area (Å²) in [6, 6.07) is 10.5. The van der Waals surface area contributed by atoms with Crippen LogP contribution >= 0.6 is 31.9 Å². The second-order valence-corrected chi connectivity index (χ2v) is 6.45. The maximum atomic E-state index is 13.8. The van der Waals surface area contributed by atoms with Gasteiger partial charge in [-0.05, 0) is 46.1 Å². The average molecular weight is 418 g/mol. The quantitative estimate of drug-likeness (QED) is 0.615. The van der Waals surface area contributed by atoms with E-state index in [2.05, 4.69) is 31.9 Å². The lowest BCUT2D eigenvalue weighted by atomic mass is 10.0. The van der Waals surface area contributed by atoms with Crippen LogP contribution in [0.15, 0.2) is 40.9 Å². The van der Waals surface area contributed by atoms with Crippen LogP contribution in [0, 0.1) is 5.82 Å². The first-order chi connectivity index (χ1) is 10.1. The molecule has 0 saturated carbocycles. The number of hydrogen-bond acceptors (Lipinski definition) is 2. The Morgan fingerprint density at radius 2 is 1.76 bits per heavy atom. The molecule has 1 unspecified atom stereocenters. The lowest BCUT2D eigenvalue weighted by molar-refractivity contribution is 0.396. The molecule has 0 N–H and O–H groups in total. The molecule has 0 saturated heterocycles. The summed E-state index contributed by atoms with van der Waals surface area (Å²) in [7, 11) is 3.22. The minimum atomic E-state index is -0.204. The zero-order valence-electron chi connectivity index (χ0n) is 11.7. The molecular formula is C16H15Br2FO2. The van der Waals surface area contributed by atoms with Crippen molar-refractivity contribution in [2.45, 2.75) is 11.2 Å². The van der Waals surface area contributed by atoms with Crippen molar-refractivity contribution in [2.75, 3.05) is 14.2 Å². The number of halogens is 3. The van der Waals surface area contributed by atoms with Crippen LogP contribution in [0.25, 0.3) is 0 Å². The molecule has 0 heterocycles. The van der Waals surface area contributed by atoms with Crippen LogP contribution in [0.2, 0.25) is 0 Å². The minimum absolute atomic E-state index is 0.0775. The first kappa shape index (κ1) is 16.3. The maximum Gasteiger partial charge on any atom is 0.133 e. The van der Waals surface area contributed by atoms with Gasteiger partial charge in [-0.1, -0.05) is 34.1 Å². The molecule has 2 rings (SSSR count). The third-order valence-corrected chi connectivity index (χ3v) is 4.64. The third kappa shape index (κ3) is 3.77. The maximum absolute atomic E-state index is 13.8. The standard InChI is InChI=1S/C16H15Br2FO2/c1-20-15-9-13(18)16(21-2)8-11(15)12(17)7-10-5-3-4-6-14(10)19/h3-6,8-9,12H,7H2,1-2H3. The van der Waals surface area contributed by atoms with E-state index in [1.54, 1.807) is 26.4 Å². The Bertz CT molecular complexity index is 632. The highest BCUT2D eigenvalue weighted by Gasteiger charge is 2.18.